The van der Waals surface area contributed by atoms with Crippen LogP contribution in [0.2, 0.25) is 0 Å². The number of esters is 1. The average molecular weight is 384 g/mol. The van der Waals surface area contributed by atoms with E-state index in [-0.39, 0.29) is 18.6 Å². The molecule has 0 radical (unpaired) electrons. The van der Waals surface area contributed by atoms with Crippen LogP contribution in [0.25, 0.3) is 11.3 Å². The minimum Gasteiger partial charge on any atom is -0.464 e. The van der Waals surface area contributed by atoms with Gasteiger partial charge in [0, 0.05) is 18.9 Å². The van der Waals surface area contributed by atoms with Gasteiger partial charge in [0.2, 0.25) is 17.5 Å². The van der Waals surface area contributed by atoms with Crippen LogP contribution in [0.5, 0.6) is 0 Å². The van der Waals surface area contributed by atoms with E-state index in [0.29, 0.717) is 5.56 Å². The maximum absolute atomic E-state index is 13.8. The fourth-order valence-electron chi connectivity index (χ4n) is 2.39. The van der Waals surface area contributed by atoms with Crippen molar-refractivity contribution in [2.24, 2.45) is 0 Å². The molecule has 1 aromatic carbocycles. The molecule has 1 atom stereocenters. The molecule has 27 heavy (non-hydrogen) atoms. The molecule has 1 aromatic heterocycles. The van der Waals surface area contributed by atoms with Crippen LogP contribution in [0.3, 0.4) is 0 Å². The Morgan fingerprint density at radius 1 is 1.07 bits per heavy atom. The molecule has 2 rings (SSSR count). The molecule has 0 bridgehead atoms. The summed E-state index contributed by atoms with van der Waals surface area (Å²) < 4.78 is 58.3. The van der Waals surface area contributed by atoms with E-state index in [0.717, 1.165) is 0 Å². The van der Waals surface area contributed by atoms with E-state index in [2.05, 4.69) is 10.3 Å². The van der Waals surface area contributed by atoms with Crippen molar-refractivity contribution in [1.82, 2.24) is 10.3 Å². The Hall–Kier alpha value is -2.97. The van der Waals surface area contributed by atoms with Crippen molar-refractivity contribution in [2.45, 2.75) is 26.3 Å². The Morgan fingerprint density at radius 3 is 2.26 bits per heavy atom. The predicted octanol–water partition coefficient (Wildman–Crippen LogP) is 2.92. The van der Waals surface area contributed by atoms with Crippen molar-refractivity contribution in [2.75, 3.05) is 6.61 Å². The SMILES string of the molecule is CCOC(=O)C(Cc1ccc(-c2nc(F)c(F)c(F)c2F)cc1)NC(C)=O. The maximum atomic E-state index is 13.8. The first-order valence-electron chi connectivity index (χ1n) is 7.97. The van der Waals surface area contributed by atoms with Crippen LogP contribution < -0.4 is 5.32 Å². The Morgan fingerprint density at radius 2 is 1.70 bits per heavy atom. The number of pyridine rings is 1. The molecule has 0 spiro atoms. The molecule has 0 fully saturated rings. The van der Waals surface area contributed by atoms with Crippen LogP contribution in [0.1, 0.15) is 19.4 Å². The van der Waals surface area contributed by atoms with Gasteiger partial charge >= 0.3 is 5.97 Å². The number of hydrogen-bond acceptors (Lipinski definition) is 4. The van der Waals surface area contributed by atoms with Crippen molar-refractivity contribution in [3.63, 3.8) is 0 Å². The number of benzene rings is 1. The highest BCUT2D eigenvalue weighted by atomic mass is 19.2. The van der Waals surface area contributed by atoms with Gasteiger partial charge in [0.1, 0.15) is 11.7 Å². The first-order chi connectivity index (χ1) is 12.7. The standard InChI is InChI=1S/C18H16F4N2O3/c1-3-27-18(26)12(23-9(2)25)8-10-4-6-11(7-5-10)16-14(20)13(19)15(21)17(22)24-16/h4-7,12H,3,8H2,1-2H3,(H,23,25). The molecule has 0 aliphatic heterocycles. The summed E-state index contributed by atoms with van der Waals surface area (Å²) >= 11 is 0. The molecule has 9 heteroatoms. The molecule has 1 N–H and O–H groups in total. The minimum atomic E-state index is -1.99. The normalized spacial score (nSPS) is 11.8. The van der Waals surface area contributed by atoms with Gasteiger partial charge < -0.3 is 10.1 Å². The maximum Gasteiger partial charge on any atom is 0.328 e. The minimum absolute atomic E-state index is 0.0151. The second kappa shape index (κ2) is 8.61. The van der Waals surface area contributed by atoms with Gasteiger partial charge in [-0.15, -0.1) is 0 Å². The van der Waals surface area contributed by atoms with Gasteiger partial charge in [-0.3, -0.25) is 4.79 Å². The van der Waals surface area contributed by atoms with E-state index in [1.54, 1.807) is 6.92 Å². The number of hydrogen-bond donors (Lipinski definition) is 1. The van der Waals surface area contributed by atoms with E-state index >= 15 is 0 Å². The van der Waals surface area contributed by atoms with Crippen molar-refractivity contribution < 1.29 is 31.9 Å². The highest BCUT2D eigenvalue weighted by Gasteiger charge is 2.23. The molecule has 5 nitrogen and oxygen atoms in total. The largest absolute Gasteiger partial charge is 0.464 e. The average Bonchev–Trinajstić information content (AvgIpc) is 2.63. The van der Waals surface area contributed by atoms with Crippen molar-refractivity contribution in [3.8, 4) is 11.3 Å². The van der Waals surface area contributed by atoms with Gasteiger partial charge in [-0.1, -0.05) is 24.3 Å². The third-order valence-corrected chi connectivity index (χ3v) is 3.60. The first kappa shape index (κ1) is 20.3. The third kappa shape index (κ3) is 4.81. The Balaban J connectivity index is 2.26. The third-order valence-electron chi connectivity index (χ3n) is 3.60. The fourth-order valence-corrected chi connectivity index (χ4v) is 2.39. The number of carbonyl (C=O) groups excluding carboxylic acids is 2. The number of ether oxygens (including phenoxy) is 1. The van der Waals surface area contributed by atoms with E-state index < -0.39 is 47.0 Å². The summed E-state index contributed by atoms with van der Waals surface area (Å²) in [5, 5.41) is 2.46. The number of halogens is 4. The number of amides is 1. The lowest BCUT2D eigenvalue weighted by Crippen LogP contribution is -2.42. The molecule has 0 saturated carbocycles. The zero-order valence-corrected chi connectivity index (χ0v) is 14.5. The van der Waals surface area contributed by atoms with Crippen LogP contribution in [0.15, 0.2) is 24.3 Å². The van der Waals surface area contributed by atoms with Crippen molar-refractivity contribution >= 4 is 11.9 Å². The lowest BCUT2D eigenvalue weighted by atomic mass is 10.0. The van der Waals surface area contributed by atoms with Gasteiger partial charge in [-0.2, -0.15) is 8.78 Å². The van der Waals surface area contributed by atoms with Crippen molar-refractivity contribution in [3.05, 3.63) is 53.2 Å². The molecule has 1 amide bonds. The van der Waals surface area contributed by atoms with Gasteiger partial charge in [-0.05, 0) is 12.5 Å². The van der Waals surface area contributed by atoms with Crippen LogP contribution in [-0.2, 0) is 20.7 Å². The zero-order valence-electron chi connectivity index (χ0n) is 14.5. The molecule has 0 aliphatic rings. The zero-order chi connectivity index (χ0) is 20.1. The summed E-state index contributed by atoms with van der Waals surface area (Å²) in [5.41, 5.74) is -0.1000. The predicted molar refractivity (Wildman–Crippen MR) is 87.4 cm³/mol. The van der Waals surface area contributed by atoms with Crippen LogP contribution in [0.4, 0.5) is 17.6 Å². The molecule has 144 valence electrons. The van der Waals surface area contributed by atoms with Crippen LogP contribution in [-0.4, -0.2) is 29.5 Å². The molecule has 2 aromatic rings. The molecule has 1 heterocycles. The lowest BCUT2D eigenvalue weighted by Gasteiger charge is -2.16. The number of nitrogens with one attached hydrogen (secondary N) is 1. The Labute approximate surface area is 152 Å². The number of nitrogens with zero attached hydrogens (tertiary/aromatic N) is 1. The fraction of sp³-hybridized carbons (Fsp3) is 0.278. The second-order valence-electron chi connectivity index (χ2n) is 5.60. The summed E-state index contributed by atoms with van der Waals surface area (Å²) in [7, 11) is 0. The molecular formula is C18H16F4N2O3. The van der Waals surface area contributed by atoms with Crippen LogP contribution in [0, 0.1) is 23.4 Å². The quantitative estimate of drug-likeness (QED) is 0.472. The molecule has 0 saturated heterocycles. The summed E-state index contributed by atoms with van der Waals surface area (Å²) in [6.45, 7) is 3.02. The summed E-state index contributed by atoms with van der Waals surface area (Å²) in [4.78, 5) is 26.3. The first-order valence-corrected chi connectivity index (χ1v) is 7.97. The monoisotopic (exact) mass is 384 g/mol. The van der Waals surface area contributed by atoms with E-state index in [1.807, 2.05) is 0 Å². The van der Waals surface area contributed by atoms with Gasteiger partial charge in [0.25, 0.3) is 5.95 Å². The van der Waals surface area contributed by atoms with Crippen molar-refractivity contribution in [1.29, 1.82) is 0 Å². The van der Waals surface area contributed by atoms with E-state index in [1.165, 1.54) is 31.2 Å². The second-order valence-corrected chi connectivity index (χ2v) is 5.60. The number of aromatic nitrogens is 1. The lowest BCUT2D eigenvalue weighted by molar-refractivity contribution is -0.147. The van der Waals surface area contributed by atoms with E-state index in [4.69, 9.17) is 4.74 Å². The van der Waals surface area contributed by atoms with Crippen LogP contribution >= 0.6 is 0 Å². The van der Waals surface area contributed by atoms with Gasteiger partial charge in [0.15, 0.2) is 5.82 Å². The smallest absolute Gasteiger partial charge is 0.328 e. The summed E-state index contributed by atoms with van der Waals surface area (Å²) in [6, 6.07) is 4.62. The summed E-state index contributed by atoms with van der Waals surface area (Å²) in [5.74, 6) is -8.33. The summed E-state index contributed by atoms with van der Waals surface area (Å²) in [6.07, 6.45) is 0.0841. The highest BCUT2D eigenvalue weighted by molar-refractivity contribution is 5.83. The molecule has 0 aliphatic carbocycles. The highest BCUT2D eigenvalue weighted by Crippen LogP contribution is 2.25. The number of carbonyl (C=O) groups is 2. The Kier molecular flexibility index (Phi) is 6.49. The topological polar surface area (TPSA) is 68.3 Å². The van der Waals surface area contributed by atoms with Gasteiger partial charge in [0.05, 0.1) is 6.61 Å². The Bertz CT molecular complexity index is 857. The van der Waals surface area contributed by atoms with E-state index in [9.17, 15) is 27.2 Å². The molecular weight excluding hydrogens is 368 g/mol. The molecule has 1 unspecified atom stereocenters. The number of rotatable bonds is 6. The van der Waals surface area contributed by atoms with Gasteiger partial charge in [-0.25, -0.2) is 18.6 Å².